The molecule has 1 unspecified atom stereocenters. The van der Waals surface area contributed by atoms with Gasteiger partial charge in [-0.25, -0.2) is 0 Å². The van der Waals surface area contributed by atoms with Crippen LogP contribution in [0.4, 0.5) is 11.4 Å². The lowest BCUT2D eigenvalue weighted by molar-refractivity contribution is -0.119. The molecule has 17 heavy (non-hydrogen) atoms. The van der Waals surface area contributed by atoms with E-state index in [2.05, 4.69) is 24.5 Å². The van der Waals surface area contributed by atoms with Crippen LogP contribution >= 0.6 is 11.6 Å². The number of carbonyl (C=O) groups excluding carboxylic acids is 1. The van der Waals surface area contributed by atoms with E-state index in [1.54, 1.807) is 0 Å². The van der Waals surface area contributed by atoms with Crippen LogP contribution in [0.1, 0.15) is 20.3 Å². The van der Waals surface area contributed by atoms with Gasteiger partial charge >= 0.3 is 0 Å². The third kappa shape index (κ3) is 2.72. The van der Waals surface area contributed by atoms with E-state index in [0.29, 0.717) is 17.5 Å². The van der Waals surface area contributed by atoms with Crippen molar-refractivity contribution in [1.82, 2.24) is 0 Å². The lowest BCUT2D eigenvalue weighted by Crippen LogP contribution is -2.27. The summed E-state index contributed by atoms with van der Waals surface area (Å²) in [5.74, 6) is 0.579. The highest BCUT2D eigenvalue weighted by Crippen LogP contribution is 2.33. The minimum absolute atomic E-state index is 0.00142. The predicted octanol–water partition coefficient (Wildman–Crippen LogP) is 3.37. The van der Waals surface area contributed by atoms with Gasteiger partial charge in [-0.1, -0.05) is 31.5 Å². The lowest BCUT2D eigenvalue weighted by Gasteiger charge is -2.15. The largest absolute Gasteiger partial charge is 0.381 e. The van der Waals surface area contributed by atoms with E-state index < -0.39 is 0 Å². The molecule has 1 amide bonds. The molecule has 0 saturated heterocycles. The number of anilines is 2. The average Bonchev–Trinajstić information content (AvgIpc) is 2.39. The zero-order valence-electron chi connectivity index (χ0n) is 10.1. The molecule has 1 atom stereocenters. The van der Waals surface area contributed by atoms with Gasteiger partial charge in [0, 0.05) is 6.54 Å². The predicted molar refractivity (Wildman–Crippen MR) is 71.5 cm³/mol. The minimum Gasteiger partial charge on any atom is -0.381 e. The quantitative estimate of drug-likeness (QED) is 0.847. The first-order chi connectivity index (χ1) is 8.08. The van der Waals surface area contributed by atoms with Crippen LogP contribution in [0.15, 0.2) is 18.2 Å². The smallest absolute Gasteiger partial charge is 0.229 e. The number of hydrogen-bond acceptors (Lipinski definition) is 2. The summed E-state index contributed by atoms with van der Waals surface area (Å²) < 4.78 is 0. The molecule has 0 saturated carbocycles. The SMILES string of the molecule is CC(C)CC1CNc2c(Cl)cccc2NC1=O. The first kappa shape index (κ1) is 12.2. The number of halogens is 1. The summed E-state index contributed by atoms with van der Waals surface area (Å²) >= 11 is 6.10. The van der Waals surface area contributed by atoms with Crippen LogP contribution in [-0.2, 0) is 4.79 Å². The normalized spacial score (nSPS) is 19.3. The van der Waals surface area contributed by atoms with E-state index in [9.17, 15) is 4.79 Å². The molecular weight excluding hydrogens is 236 g/mol. The molecule has 92 valence electrons. The number of nitrogens with one attached hydrogen (secondary N) is 2. The van der Waals surface area contributed by atoms with Gasteiger partial charge in [0.25, 0.3) is 0 Å². The van der Waals surface area contributed by atoms with Gasteiger partial charge in [0.05, 0.1) is 22.3 Å². The molecule has 0 spiro atoms. The van der Waals surface area contributed by atoms with Crippen molar-refractivity contribution in [2.45, 2.75) is 20.3 Å². The number of fused-ring (bicyclic) bond motifs is 1. The highest BCUT2D eigenvalue weighted by molar-refractivity contribution is 6.34. The van der Waals surface area contributed by atoms with E-state index >= 15 is 0 Å². The molecule has 0 bridgehead atoms. The maximum atomic E-state index is 12.0. The maximum absolute atomic E-state index is 12.0. The Morgan fingerprint density at radius 3 is 2.94 bits per heavy atom. The molecule has 3 nitrogen and oxygen atoms in total. The van der Waals surface area contributed by atoms with Gasteiger partial charge in [0.15, 0.2) is 0 Å². The lowest BCUT2D eigenvalue weighted by atomic mass is 9.96. The molecular formula is C13H17ClN2O. The van der Waals surface area contributed by atoms with Gasteiger partial charge in [-0.15, -0.1) is 0 Å². The molecule has 0 radical (unpaired) electrons. The number of hydrogen-bond donors (Lipinski definition) is 2. The number of para-hydroxylation sites is 1. The standard InChI is InChI=1S/C13H17ClN2O/c1-8(2)6-9-7-15-12-10(14)4-3-5-11(12)16-13(9)17/h3-5,8-9,15H,6-7H2,1-2H3,(H,16,17). The third-order valence-corrected chi connectivity index (χ3v) is 3.24. The van der Waals surface area contributed by atoms with Crippen molar-refractivity contribution in [3.8, 4) is 0 Å². The van der Waals surface area contributed by atoms with Crippen molar-refractivity contribution in [3.63, 3.8) is 0 Å². The molecule has 0 aliphatic carbocycles. The Hall–Kier alpha value is -1.22. The van der Waals surface area contributed by atoms with Crippen molar-refractivity contribution in [2.24, 2.45) is 11.8 Å². The zero-order chi connectivity index (χ0) is 12.4. The topological polar surface area (TPSA) is 41.1 Å². The van der Waals surface area contributed by atoms with Gasteiger partial charge in [0.1, 0.15) is 0 Å². The summed E-state index contributed by atoms with van der Waals surface area (Å²) in [4.78, 5) is 12.0. The van der Waals surface area contributed by atoms with E-state index in [4.69, 9.17) is 11.6 Å². The van der Waals surface area contributed by atoms with Gasteiger partial charge in [-0.2, -0.15) is 0 Å². The van der Waals surface area contributed by atoms with E-state index in [-0.39, 0.29) is 11.8 Å². The molecule has 1 aliphatic rings. The van der Waals surface area contributed by atoms with Gasteiger partial charge in [0.2, 0.25) is 5.91 Å². The molecule has 2 N–H and O–H groups in total. The molecule has 0 fully saturated rings. The van der Waals surface area contributed by atoms with Crippen molar-refractivity contribution < 1.29 is 4.79 Å². The molecule has 1 aromatic carbocycles. The highest BCUT2D eigenvalue weighted by Gasteiger charge is 2.24. The van der Waals surface area contributed by atoms with Crippen LogP contribution in [0.3, 0.4) is 0 Å². The first-order valence-electron chi connectivity index (χ1n) is 5.91. The second-order valence-electron chi connectivity index (χ2n) is 4.86. The molecule has 1 aliphatic heterocycles. The summed E-state index contributed by atoms with van der Waals surface area (Å²) in [6.45, 7) is 4.89. The molecule has 2 rings (SSSR count). The Kier molecular flexibility index (Phi) is 3.57. The third-order valence-electron chi connectivity index (χ3n) is 2.92. The zero-order valence-corrected chi connectivity index (χ0v) is 10.8. The van der Waals surface area contributed by atoms with E-state index in [1.165, 1.54) is 0 Å². The Morgan fingerprint density at radius 2 is 2.24 bits per heavy atom. The summed E-state index contributed by atoms with van der Waals surface area (Å²) in [5, 5.41) is 6.84. The summed E-state index contributed by atoms with van der Waals surface area (Å²) in [6, 6.07) is 5.53. The summed E-state index contributed by atoms with van der Waals surface area (Å²) in [7, 11) is 0. The maximum Gasteiger partial charge on any atom is 0.229 e. The van der Waals surface area contributed by atoms with Gasteiger partial charge in [-0.3, -0.25) is 4.79 Å². The van der Waals surface area contributed by atoms with Crippen molar-refractivity contribution in [3.05, 3.63) is 23.2 Å². The fraction of sp³-hybridized carbons (Fsp3) is 0.462. The highest BCUT2D eigenvalue weighted by atomic mass is 35.5. The number of benzene rings is 1. The molecule has 1 aromatic rings. The Labute approximate surface area is 107 Å². The monoisotopic (exact) mass is 252 g/mol. The average molecular weight is 253 g/mol. The fourth-order valence-corrected chi connectivity index (χ4v) is 2.36. The Morgan fingerprint density at radius 1 is 1.47 bits per heavy atom. The Balaban J connectivity index is 2.22. The molecule has 0 aromatic heterocycles. The van der Waals surface area contributed by atoms with Crippen LogP contribution in [0.5, 0.6) is 0 Å². The minimum atomic E-state index is -0.00142. The van der Waals surface area contributed by atoms with Crippen LogP contribution in [-0.4, -0.2) is 12.5 Å². The van der Waals surface area contributed by atoms with Crippen LogP contribution in [0, 0.1) is 11.8 Å². The van der Waals surface area contributed by atoms with Crippen molar-refractivity contribution in [2.75, 3.05) is 17.2 Å². The summed E-state index contributed by atoms with van der Waals surface area (Å²) in [5.41, 5.74) is 1.60. The summed E-state index contributed by atoms with van der Waals surface area (Å²) in [6.07, 6.45) is 0.879. The number of carbonyl (C=O) groups is 1. The van der Waals surface area contributed by atoms with E-state index in [1.807, 2.05) is 18.2 Å². The molecule has 4 heteroatoms. The van der Waals surface area contributed by atoms with Crippen molar-refractivity contribution >= 4 is 28.9 Å². The van der Waals surface area contributed by atoms with Gasteiger partial charge in [-0.05, 0) is 24.5 Å². The van der Waals surface area contributed by atoms with Gasteiger partial charge < -0.3 is 10.6 Å². The van der Waals surface area contributed by atoms with Crippen LogP contribution in [0.2, 0.25) is 5.02 Å². The second kappa shape index (κ2) is 4.96. The molecule has 1 heterocycles. The second-order valence-corrected chi connectivity index (χ2v) is 5.27. The van der Waals surface area contributed by atoms with Crippen LogP contribution < -0.4 is 10.6 Å². The fourth-order valence-electron chi connectivity index (χ4n) is 2.12. The number of rotatable bonds is 2. The first-order valence-corrected chi connectivity index (χ1v) is 6.29. The van der Waals surface area contributed by atoms with Crippen molar-refractivity contribution in [1.29, 1.82) is 0 Å². The number of amides is 1. The Bertz CT molecular complexity index is 431. The van der Waals surface area contributed by atoms with Crippen LogP contribution in [0.25, 0.3) is 0 Å². The van der Waals surface area contributed by atoms with E-state index in [0.717, 1.165) is 17.8 Å².